The number of carbonyl (C=O) groups is 1. The largest absolute Gasteiger partial charge is 0.456 e. The Balaban J connectivity index is 2.27. The molecule has 0 aliphatic carbocycles. The molecule has 3 aromatic rings. The van der Waals surface area contributed by atoms with E-state index in [2.05, 4.69) is 6.58 Å². The number of para-hydroxylation sites is 1. The Morgan fingerprint density at radius 2 is 1.65 bits per heavy atom. The van der Waals surface area contributed by atoms with Crippen LogP contribution in [0.1, 0.15) is 28.6 Å². The second kappa shape index (κ2) is 4.82. The summed E-state index contributed by atoms with van der Waals surface area (Å²) >= 11 is 0. The molecule has 0 atom stereocenters. The molecule has 2 nitrogen and oxygen atoms in total. The van der Waals surface area contributed by atoms with Crippen LogP contribution in [0, 0.1) is 0 Å². The maximum absolute atomic E-state index is 12.7. The topological polar surface area (TPSA) is 30.2 Å². The molecule has 0 fully saturated rings. The van der Waals surface area contributed by atoms with Gasteiger partial charge in [0.05, 0.1) is 5.56 Å². The average molecular weight is 262 g/mol. The molecule has 0 amide bonds. The number of furan rings is 1. The van der Waals surface area contributed by atoms with Gasteiger partial charge in [-0.25, -0.2) is 0 Å². The van der Waals surface area contributed by atoms with E-state index in [9.17, 15) is 4.79 Å². The summed E-state index contributed by atoms with van der Waals surface area (Å²) in [6, 6.07) is 16.8. The Labute approximate surface area is 117 Å². The van der Waals surface area contributed by atoms with Gasteiger partial charge in [0.2, 0.25) is 0 Å². The number of hydrogen-bond acceptors (Lipinski definition) is 2. The molecule has 2 aromatic carbocycles. The molecule has 0 bridgehead atoms. The molecular formula is C18H14O2. The van der Waals surface area contributed by atoms with Gasteiger partial charge < -0.3 is 4.42 Å². The number of fused-ring (bicyclic) bond motifs is 1. The predicted molar refractivity (Wildman–Crippen MR) is 80.8 cm³/mol. The second-order valence-corrected chi connectivity index (χ2v) is 4.78. The first-order valence-electron chi connectivity index (χ1n) is 6.45. The van der Waals surface area contributed by atoms with Crippen molar-refractivity contribution < 1.29 is 9.21 Å². The van der Waals surface area contributed by atoms with Gasteiger partial charge in [0.15, 0.2) is 5.78 Å². The normalized spacial score (nSPS) is 10.7. The van der Waals surface area contributed by atoms with E-state index in [4.69, 9.17) is 4.42 Å². The highest BCUT2D eigenvalue weighted by atomic mass is 16.3. The third kappa shape index (κ3) is 1.95. The fourth-order valence-corrected chi connectivity index (χ4v) is 2.31. The van der Waals surface area contributed by atoms with Crippen LogP contribution < -0.4 is 0 Å². The van der Waals surface area contributed by atoms with E-state index in [-0.39, 0.29) is 5.78 Å². The Kier molecular flexibility index (Phi) is 2.99. The number of ketones is 1. The van der Waals surface area contributed by atoms with Crippen LogP contribution in [0.25, 0.3) is 16.5 Å². The maximum Gasteiger partial charge on any atom is 0.197 e. The SMILES string of the molecule is C=C(C)c1oc2ccccc2c1C(=O)c1ccccc1. The fourth-order valence-electron chi connectivity index (χ4n) is 2.31. The standard InChI is InChI=1S/C18H14O2/c1-12(2)18-16(14-10-6-7-11-15(14)20-18)17(19)13-8-4-3-5-9-13/h3-11H,1H2,2H3. The molecule has 3 rings (SSSR count). The summed E-state index contributed by atoms with van der Waals surface area (Å²) in [4.78, 5) is 12.7. The highest BCUT2D eigenvalue weighted by Crippen LogP contribution is 2.31. The molecule has 0 unspecified atom stereocenters. The third-order valence-electron chi connectivity index (χ3n) is 3.25. The molecule has 2 heteroatoms. The van der Waals surface area contributed by atoms with Crippen molar-refractivity contribution in [3.8, 4) is 0 Å². The molecule has 0 N–H and O–H groups in total. The van der Waals surface area contributed by atoms with Crippen LogP contribution in [0.15, 0.2) is 65.6 Å². The van der Waals surface area contributed by atoms with Crippen molar-refractivity contribution in [1.29, 1.82) is 0 Å². The summed E-state index contributed by atoms with van der Waals surface area (Å²) in [5, 5.41) is 0.833. The summed E-state index contributed by atoms with van der Waals surface area (Å²) in [6.45, 7) is 5.76. The lowest BCUT2D eigenvalue weighted by molar-refractivity contribution is 0.103. The lowest BCUT2D eigenvalue weighted by Crippen LogP contribution is -2.02. The third-order valence-corrected chi connectivity index (χ3v) is 3.25. The van der Waals surface area contributed by atoms with Crippen LogP contribution in [-0.2, 0) is 0 Å². The van der Waals surface area contributed by atoms with Crippen molar-refractivity contribution in [2.24, 2.45) is 0 Å². The van der Waals surface area contributed by atoms with E-state index in [0.29, 0.717) is 22.5 Å². The molecule has 1 heterocycles. The number of benzene rings is 2. The van der Waals surface area contributed by atoms with Crippen LogP contribution in [0.5, 0.6) is 0 Å². The van der Waals surface area contributed by atoms with Gasteiger partial charge in [-0.2, -0.15) is 0 Å². The zero-order valence-corrected chi connectivity index (χ0v) is 11.2. The minimum Gasteiger partial charge on any atom is -0.456 e. The number of allylic oxidation sites excluding steroid dienone is 1. The molecule has 0 saturated carbocycles. The molecule has 0 saturated heterocycles. The Bertz CT molecular complexity index is 795. The molecule has 0 aliphatic heterocycles. The highest BCUT2D eigenvalue weighted by Gasteiger charge is 2.21. The molecule has 98 valence electrons. The summed E-state index contributed by atoms with van der Waals surface area (Å²) in [6.07, 6.45) is 0. The first kappa shape index (κ1) is 12.4. The fraction of sp³-hybridized carbons (Fsp3) is 0.0556. The number of hydrogen-bond donors (Lipinski definition) is 0. The van der Waals surface area contributed by atoms with E-state index < -0.39 is 0 Å². The summed E-state index contributed by atoms with van der Waals surface area (Å²) in [5.41, 5.74) is 2.71. The van der Waals surface area contributed by atoms with Crippen molar-refractivity contribution in [1.82, 2.24) is 0 Å². The van der Waals surface area contributed by atoms with Crippen molar-refractivity contribution in [3.63, 3.8) is 0 Å². The predicted octanol–water partition coefficient (Wildman–Crippen LogP) is 4.70. The molecule has 1 aromatic heterocycles. The van der Waals surface area contributed by atoms with E-state index >= 15 is 0 Å². The zero-order chi connectivity index (χ0) is 14.1. The van der Waals surface area contributed by atoms with Crippen molar-refractivity contribution in [3.05, 3.63) is 78.1 Å². The quantitative estimate of drug-likeness (QED) is 0.640. The molecule has 20 heavy (non-hydrogen) atoms. The Hall–Kier alpha value is -2.61. The van der Waals surface area contributed by atoms with Gasteiger partial charge in [-0.1, -0.05) is 55.1 Å². The lowest BCUT2D eigenvalue weighted by Gasteiger charge is -2.02. The van der Waals surface area contributed by atoms with Gasteiger partial charge >= 0.3 is 0 Å². The van der Waals surface area contributed by atoms with Crippen molar-refractivity contribution in [2.45, 2.75) is 6.92 Å². The van der Waals surface area contributed by atoms with Gasteiger partial charge in [-0.05, 0) is 18.6 Å². The number of rotatable bonds is 3. The van der Waals surface area contributed by atoms with Crippen molar-refractivity contribution >= 4 is 22.3 Å². The zero-order valence-electron chi connectivity index (χ0n) is 11.2. The van der Waals surface area contributed by atoms with E-state index in [0.717, 1.165) is 11.0 Å². The van der Waals surface area contributed by atoms with Gasteiger partial charge in [0, 0.05) is 10.9 Å². The van der Waals surface area contributed by atoms with Crippen molar-refractivity contribution in [2.75, 3.05) is 0 Å². The van der Waals surface area contributed by atoms with Crippen LogP contribution in [0.4, 0.5) is 0 Å². The van der Waals surface area contributed by atoms with E-state index in [1.165, 1.54) is 0 Å². The van der Waals surface area contributed by atoms with Crippen LogP contribution >= 0.6 is 0 Å². The van der Waals surface area contributed by atoms with E-state index in [1.807, 2.05) is 61.5 Å². The second-order valence-electron chi connectivity index (χ2n) is 4.78. The minimum atomic E-state index is -0.0337. The molecule has 0 aliphatic rings. The first-order chi connectivity index (χ1) is 9.68. The van der Waals surface area contributed by atoms with Crippen LogP contribution in [0.3, 0.4) is 0 Å². The highest BCUT2D eigenvalue weighted by molar-refractivity contribution is 6.18. The lowest BCUT2D eigenvalue weighted by atomic mass is 9.98. The summed E-state index contributed by atoms with van der Waals surface area (Å²) < 4.78 is 5.78. The Morgan fingerprint density at radius 1 is 1.00 bits per heavy atom. The summed E-state index contributed by atoms with van der Waals surface area (Å²) in [5.74, 6) is 0.536. The smallest absolute Gasteiger partial charge is 0.197 e. The molecule has 0 spiro atoms. The Morgan fingerprint density at radius 3 is 2.35 bits per heavy atom. The minimum absolute atomic E-state index is 0.0337. The summed E-state index contributed by atoms with van der Waals surface area (Å²) in [7, 11) is 0. The maximum atomic E-state index is 12.7. The molecule has 0 radical (unpaired) electrons. The van der Waals surface area contributed by atoms with E-state index in [1.54, 1.807) is 0 Å². The average Bonchev–Trinajstić information content (AvgIpc) is 2.87. The van der Waals surface area contributed by atoms with Gasteiger partial charge in [-0.15, -0.1) is 0 Å². The monoisotopic (exact) mass is 262 g/mol. The van der Waals surface area contributed by atoms with Crippen LogP contribution in [0.2, 0.25) is 0 Å². The first-order valence-corrected chi connectivity index (χ1v) is 6.45. The van der Waals surface area contributed by atoms with Crippen LogP contribution in [-0.4, -0.2) is 5.78 Å². The van der Waals surface area contributed by atoms with Gasteiger partial charge in [0.25, 0.3) is 0 Å². The van der Waals surface area contributed by atoms with Gasteiger partial charge in [-0.3, -0.25) is 4.79 Å². The molecular weight excluding hydrogens is 248 g/mol. The number of carbonyl (C=O) groups excluding carboxylic acids is 1. The van der Waals surface area contributed by atoms with Gasteiger partial charge in [0.1, 0.15) is 11.3 Å².